The third-order valence-electron chi connectivity index (χ3n) is 15.1. The predicted molar refractivity (Wildman–Crippen MR) is 376 cm³/mol. The lowest BCUT2D eigenvalue weighted by Crippen LogP contribution is -2.49. The van der Waals surface area contributed by atoms with Crippen molar-refractivity contribution in [1.82, 2.24) is 0 Å². The van der Waals surface area contributed by atoms with E-state index in [-0.39, 0.29) is 0 Å². The number of carbonyl (C=O) groups excluding carboxylic acids is 15. The molecule has 0 aliphatic heterocycles. The molecule has 0 fully saturated rings. The van der Waals surface area contributed by atoms with Crippen LogP contribution in [0.2, 0.25) is 0 Å². The van der Waals surface area contributed by atoms with E-state index in [9.17, 15) is 62.3 Å². The minimum atomic E-state index is -2.60. The van der Waals surface area contributed by atoms with Gasteiger partial charge < -0.3 is 66.3 Å². The number of rotatable bonds is 35. The minimum absolute atomic E-state index is 0.692. The lowest BCUT2D eigenvalue weighted by Gasteiger charge is -2.35. The molecule has 0 aromatic rings. The smallest absolute Gasteiger partial charge is 0.318 e. The summed E-state index contributed by atoms with van der Waals surface area (Å²) in [5.41, 5.74) is -31.1. The Bertz CT molecular complexity index is 3000. The highest BCUT2D eigenvalue weighted by Gasteiger charge is 2.51. The molecule has 0 radical (unpaired) electrons. The molecule has 0 heterocycles. The summed E-state index contributed by atoms with van der Waals surface area (Å²) < 4.78 is 204. The van der Waals surface area contributed by atoms with Crippen LogP contribution >= 0.6 is 0 Å². The van der Waals surface area contributed by atoms with Gasteiger partial charge in [0.2, 0.25) is 0 Å². The number of hydrogen-bond acceptors (Lipinski definition) is 29. The van der Waals surface area contributed by atoms with E-state index < -0.39 is 373 Å². The van der Waals surface area contributed by atoms with Gasteiger partial charge in [-0.3, -0.25) is 71.9 Å². The quantitative estimate of drug-likeness (QED) is 0.0420. The molecule has 0 amide bonds. The van der Waals surface area contributed by atoms with E-state index in [1.54, 1.807) is 0 Å². The molecule has 0 aliphatic carbocycles. The Balaban J connectivity index is 8.79. The summed E-state index contributed by atoms with van der Waals surface area (Å²) >= 11 is 0. The van der Waals surface area contributed by atoms with Gasteiger partial charge in [-0.2, -0.15) is 0 Å². The van der Waals surface area contributed by atoms with Crippen LogP contribution in [-0.4, -0.2) is 182 Å². The maximum absolute atomic E-state index is 15.1. The number of carbonyl (C=O) groups is 15. The lowest BCUT2D eigenvalue weighted by atomic mass is 9.87. The second kappa shape index (κ2) is 36.2. The van der Waals surface area contributed by atoms with Crippen molar-refractivity contribution in [2.45, 2.75) is 221 Å². The van der Waals surface area contributed by atoms with Gasteiger partial charge >= 0.3 is 83.6 Å². The zero-order valence-electron chi connectivity index (χ0n) is 80.1. The Morgan fingerprint density at radius 1 is 0.171 bits per heavy atom. The van der Waals surface area contributed by atoms with Gasteiger partial charge in [0.05, 0.1) is 48.7 Å². The SMILES string of the molecule is [3H]CC(C)(C[3H])C(=O)OCC(C)(COC(=O)C(C)(C[3H])C[3H])C(=O)OCC(C)(COC(=O)C(C)(COC(=O)C(C)(C[3H])C[3H])COC(=O)C(C)(C[3H])C[3H])C(=O)OCC(C)(COC(=O)C(C)(COC(=O)C(C)(COC(=O)C(C)(C[3H])C[3H])COC(=O)C(C)(C[3H])C[3H])COC(=O)C(C)(COC(=O)C(C)(C[3H])C[3H])COC(=O)C(C)(C[3H])C[3H])C(C)=O. The Labute approximate surface area is 643 Å². The molecule has 602 valence electrons. The Morgan fingerprint density at radius 2 is 0.257 bits per heavy atom. The number of Topliss-reactive ketones (excluding diaryl/α,β-unsaturated/α-hetero) is 1. The first-order chi connectivity index (χ1) is 55.7. The Morgan fingerprint density at radius 3 is 0.343 bits per heavy atom. The minimum Gasteiger partial charge on any atom is -0.464 e. The van der Waals surface area contributed by atoms with Gasteiger partial charge in [0.25, 0.3) is 0 Å². The van der Waals surface area contributed by atoms with Crippen LogP contribution in [0.3, 0.4) is 0 Å². The van der Waals surface area contributed by atoms with Crippen LogP contribution < -0.4 is 0 Å². The Kier molecular flexibility index (Phi) is 24.7. The number of ether oxygens (including phenoxy) is 14. The summed E-state index contributed by atoms with van der Waals surface area (Å²) in [6, 6.07) is 0. The first-order valence-corrected chi connectivity index (χ1v) is 32.3. The molecule has 0 aromatic carbocycles. The van der Waals surface area contributed by atoms with Gasteiger partial charge in [0.15, 0.2) is 0 Å². The fourth-order valence-electron chi connectivity index (χ4n) is 6.79. The highest BCUT2D eigenvalue weighted by molar-refractivity contribution is 5.87. The average molecular weight is 1530 g/mol. The topological polar surface area (TPSA) is 385 Å². The van der Waals surface area contributed by atoms with Crippen molar-refractivity contribution in [1.29, 1.82) is 0 Å². The fraction of sp³-hybridized carbons (Fsp3) is 0.803. The molecule has 105 heavy (non-hydrogen) atoms. The molecule has 0 rings (SSSR count). The average Bonchev–Trinajstić information content (AvgIpc) is 0.809. The van der Waals surface area contributed by atoms with Gasteiger partial charge in [0, 0.05) is 21.9 Å². The van der Waals surface area contributed by atoms with Gasteiger partial charge in [-0.15, -0.1) is 0 Å². The summed E-state index contributed by atoms with van der Waals surface area (Å²) in [5.74, 6) is -19.5. The molecular formula is C76H124O29. The second-order valence-electron chi connectivity index (χ2n) is 32.0. The van der Waals surface area contributed by atoms with E-state index in [0.29, 0.717) is 0 Å². The van der Waals surface area contributed by atoms with Gasteiger partial charge in [-0.25, -0.2) is 0 Å². The fourth-order valence-corrected chi connectivity index (χ4v) is 6.79. The zero-order chi connectivity index (χ0) is 94.3. The summed E-state index contributed by atoms with van der Waals surface area (Å²) in [5, 5.41) is 0. The van der Waals surface area contributed by atoms with Crippen molar-refractivity contribution in [2.75, 3.05) is 92.5 Å². The molecule has 0 saturated carbocycles. The second-order valence-corrected chi connectivity index (χ2v) is 32.0. The van der Waals surface area contributed by atoms with Crippen molar-refractivity contribution >= 4 is 89.4 Å². The molecule has 0 aliphatic rings. The molecule has 0 bridgehead atoms. The van der Waals surface area contributed by atoms with Crippen LogP contribution in [0, 0.1) is 81.2 Å². The van der Waals surface area contributed by atoms with E-state index in [0.717, 1.165) is 55.4 Å². The summed E-state index contributed by atoms with van der Waals surface area (Å²) in [7, 11) is 0. The van der Waals surface area contributed by atoms with Crippen LogP contribution in [-0.2, 0) is 138 Å². The van der Waals surface area contributed by atoms with Crippen LogP contribution in [0.25, 0.3) is 0 Å². The maximum atomic E-state index is 15.1. The monoisotopic (exact) mass is 1530 g/mol. The molecular weight excluding hydrogens is 1380 g/mol. The van der Waals surface area contributed by atoms with Crippen LogP contribution in [0.1, 0.15) is 243 Å². The van der Waals surface area contributed by atoms with Crippen LogP contribution in [0.15, 0.2) is 0 Å². The molecule has 0 unspecified atom stereocenters. The number of esters is 14. The first-order valence-electron chi connectivity index (χ1n) is 43.6. The van der Waals surface area contributed by atoms with Gasteiger partial charge in [-0.1, -0.05) is 0 Å². The summed E-state index contributed by atoms with van der Waals surface area (Å²) in [6.07, 6.45) is 0. The van der Waals surface area contributed by atoms with E-state index in [4.69, 9.17) is 88.2 Å². The van der Waals surface area contributed by atoms with Crippen molar-refractivity contribution in [3.8, 4) is 0 Å². The molecule has 0 atom stereocenters. The molecule has 0 spiro atoms. The van der Waals surface area contributed by atoms with E-state index >= 15 is 9.59 Å². The number of ketones is 1. The molecule has 0 saturated heterocycles. The standard InChI is InChI=1S/C76H124O29/c1-47(77)70(26,33-100-56(86)75(31,43-102-58(88)71(27,35-92-48(78)62(2,3)4)36-93-49(79)63(5,6)7)44-103-59(89)72(28,37-94-50(80)64(8,9)10)38-95-51(81)65(11,12)13)34-101-57(87)76(32,45-104-60(90)73(29,39-96-52(82)66(14,15)16)40-97-53(83)67(17,18)19)46-105-61(91)74(30,41-98-54(84)68(20,21)22)42-99-55(85)69(23,24)25/h33-46H2,1-32H3/i2T,3T,5T,6T,8T,9T,11T,12T,14T,15T,17T,18T,20T,21T,23T,24T. The van der Waals surface area contributed by atoms with Gasteiger partial charge in [-0.05, 0) is 221 Å². The van der Waals surface area contributed by atoms with Crippen LogP contribution in [0.4, 0.5) is 0 Å². The van der Waals surface area contributed by atoms with Crippen molar-refractivity contribution in [3.63, 3.8) is 0 Å². The molecule has 0 aromatic heterocycles. The van der Waals surface area contributed by atoms with E-state index in [2.05, 4.69) is 0 Å². The van der Waals surface area contributed by atoms with Crippen LogP contribution in [0.5, 0.6) is 0 Å². The van der Waals surface area contributed by atoms with E-state index in [1.807, 2.05) is 0 Å². The molecule has 29 nitrogen and oxygen atoms in total. The third kappa shape index (κ3) is 30.9. The summed E-state index contributed by atoms with van der Waals surface area (Å²) in [4.78, 5) is 210. The third-order valence-corrected chi connectivity index (χ3v) is 15.1. The zero-order valence-corrected chi connectivity index (χ0v) is 64.1. The van der Waals surface area contributed by atoms with Crippen molar-refractivity contribution < 1.29 is 160 Å². The van der Waals surface area contributed by atoms with Crippen molar-refractivity contribution in [3.05, 3.63) is 0 Å². The molecule has 29 heteroatoms. The number of hydrogen-bond donors (Lipinski definition) is 0. The predicted octanol–water partition coefficient (Wildman–Crippen LogP) is 9.59. The highest BCUT2D eigenvalue weighted by Crippen LogP contribution is 2.35. The van der Waals surface area contributed by atoms with E-state index in [1.165, 1.54) is 55.4 Å². The maximum Gasteiger partial charge on any atom is 0.318 e. The first kappa shape index (κ1) is 71.5. The summed E-state index contributed by atoms with van der Waals surface area (Å²) in [6.45, 7) is -9.42. The molecule has 0 N–H and O–H groups in total. The lowest BCUT2D eigenvalue weighted by molar-refractivity contribution is -0.187. The van der Waals surface area contributed by atoms with Gasteiger partial charge in [0.1, 0.15) is 131 Å². The largest absolute Gasteiger partial charge is 0.464 e. The normalized spacial score (nSPS) is 15.3. The van der Waals surface area contributed by atoms with Crippen molar-refractivity contribution in [2.24, 2.45) is 81.2 Å². The Hall–Kier alpha value is -7.75. The highest BCUT2D eigenvalue weighted by atomic mass is 16.6.